The van der Waals surface area contributed by atoms with Crippen LogP contribution in [0.5, 0.6) is 0 Å². The number of aromatic nitrogens is 2. The molecule has 1 N–H and O–H groups in total. The zero-order valence-corrected chi connectivity index (χ0v) is 12.9. The topological polar surface area (TPSA) is 31.9 Å². The Morgan fingerprint density at radius 1 is 1.23 bits per heavy atom. The monoisotopic (exact) mass is 291 g/mol. The second-order valence-electron chi connectivity index (χ2n) is 6.28. The van der Waals surface area contributed by atoms with Crippen molar-refractivity contribution < 1.29 is 0 Å². The summed E-state index contributed by atoms with van der Waals surface area (Å²) in [4.78, 5) is 10.5. The van der Waals surface area contributed by atoms with Crippen molar-refractivity contribution in [3.8, 4) is 0 Å². The molecule has 3 heteroatoms. The first-order valence-corrected chi connectivity index (χ1v) is 8.03. The summed E-state index contributed by atoms with van der Waals surface area (Å²) in [6.07, 6.45) is 4.33. The number of rotatable bonds is 3. The van der Waals surface area contributed by atoms with Crippen molar-refractivity contribution in [2.24, 2.45) is 0 Å². The van der Waals surface area contributed by atoms with E-state index in [-0.39, 0.29) is 0 Å². The molecule has 4 rings (SSSR count). The number of aryl methyl sites for hydroxylation is 1. The summed E-state index contributed by atoms with van der Waals surface area (Å²) in [6.45, 7) is 4.33. The van der Waals surface area contributed by atoms with E-state index < -0.39 is 0 Å². The lowest BCUT2D eigenvalue weighted by molar-refractivity contribution is 0.245. The first-order valence-electron chi connectivity index (χ1n) is 8.03. The third kappa shape index (κ3) is 2.53. The lowest BCUT2D eigenvalue weighted by atomic mass is 10.1. The van der Waals surface area contributed by atoms with Crippen LogP contribution in [0.1, 0.15) is 35.7 Å². The summed E-state index contributed by atoms with van der Waals surface area (Å²) in [7, 11) is 0. The predicted octanol–water partition coefficient (Wildman–Crippen LogP) is 4.21. The van der Waals surface area contributed by atoms with Crippen LogP contribution in [0.3, 0.4) is 0 Å². The second kappa shape index (κ2) is 5.58. The lowest BCUT2D eigenvalue weighted by Crippen LogP contribution is -2.22. The van der Waals surface area contributed by atoms with E-state index in [4.69, 9.17) is 0 Å². The fourth-order valence-corrected chi connectivity index (χ4v) is 3.45. The fraction of sp³-hybridized carbons (Fsp3) is 0.316. The molecule has 0 spiro atoms. The van der Waals surface area contributed by atoms with Crippen molar-refractivity contribution in [3.63, 3.8) is 0 Å². The molecule has 0 bridgehead atoms. The molecule has 1 aliphatic heterocycles. The van der Waals surface area contributed by atoms with Gasteiger partial charge in [-0.25, -0.2) is 4.98 Å². The first kappa shape index (κ1) is 13.5. The van der Waals surface area contributed by atoms with Gasteiger partial charge in [0.2, 0.25) is 0 Å². The maximum atomic E-state index is 4.42. The van der Waals surface area contributed by atoms with Crippen LogP contribution in [-0.4, -0.2) is 21.4 Å². The zero-order chi connectivity index (χ0) is 14.9. The van der Waals surface area contributed by atoms with Crippen LogP contribution >= 0.6 is 0 Å². The summed E-state index contributed by atoms with van der Waals surface area (Å²) >= 11 is 0. The van der Waals surface area contributed by atoms with E-state index in [0.717, 1.165) is 12.2 Å². The number of aromatic amines is 1. The Morgan fingerprint density at radius 2 is 2.09 bits per heavy atom. The molecule has 1 saturated heterocycles. The molecule has 22 heavy (non-hydrogen) atoms. The Bertz CT molecular complexity index is 740. The molecule has 0 amide bonds. The van der Waals surface area contributed by atoms with Gasteiger partial charge in [0, 0.05) is 23.8 Å². The largest absolute Gasteiger partial charge is 0.342 e. The van der Waals surface area contributed by atoms with Crippen molar-refractivity contribution in [1.29, 1.82) is 0 Å². The highest BCUT2D eigenvalue weighted by molar-refractivity contribution is 5.76. The molecule has 1 fully saturated rings. The van der Waals surface area contributed by atoms with Gasteiger partial charge in [0.1, 0.15) is 5.65 Å². The molecule has 0 unspecified atom stereocenters. The molecule has 1 atom stereocenters. The number of pyridine rings is 1. The van der Waals surface area contributed by atoms with Crippen LogP contribution in [0, 0.1) is 6.92 Å². The van der Waals surface area contributed by atoms with Crippen LogP contribution in [0.25, 0.3) is 11.0 Å². The SMILES string of the molecule is Cc1ccc(CN2CCC[C@H]2c2cc3cccnc3[nH]2)cc1. The Labute approximate surface area is 131 Å². The van der Waals surface area contributed by atoms with Gasteiger partial charge in [-0.05, 0) is 50.1 Å². The quantitative estimate of drug-likeness (QED) is 0.784. The van der Waals surface area contributed by atoms with Crippen LogP contribution in [0.2, 0.25) is 0 Å². The molecule has 3 nitrogen and oxygen atoms in total. The molecule has 3 heterocycles. The molecule has 0 radical (unpaired) electrons. The highest BCUT2D eigenvalue weighted by atomic mass is 15.2. The van der Waals surface area contributed by atoms with E-state index >= 15 is 0 Å². The number of H-pyrrole nitrogens is 1. The third-order valence-electron chi connectivity index (χ3n) is 4.64. The highest BCUT2D eigenvalue weighted by Crippen LogP contribution is 2.33. The Kier molecular flexibility index (Phi) is 3.43. The normalized spacial score (nSPS) is 19.0. The van der Waals surface area contributed by atoms with Crippen LogP contribution < -0.4 is 0 Å². The number of hydrogen-bond acceptors (Lipinski definition) is 2. The first-order chi connectivity index (χ1) is 10.8. The van der Waals surface area contributed by atoms with Gasteiger partial charge in [-0.1, -0.05) is 29.8 Å². The summed E-state index contributed by atoms with van der Waals surface area (Å²) in [5, 5.41) is 1.21. The number of likely N-dealkylation sites (tertiary alicyclic amines) is 1. The highest BCUT2D eigenvalue weighted by Gasteiger charge is 2.27. The van der Waals surface area contributed by atoms with Gasteiger partial charge < -0.3 is 4.98 Å². The molecule has 0 saturated carbocycles. The van der Waals surface area contributed by atoms with Crippen molar-refractivity contribution in [1.82, 2.24) is 14.9 Å². The van der Waals surface area contributed by atoms with Crippen LogP contribution in [0.15, 0.2) is 48.7 Å². The minimum atomic E-state index is 0.482. The zero-order valence-electron chi connectivity index (χ0n) is 12.9. The molecular weight excluding hydrogens is 270 g/mol. The third-order valence-corrected chi connectivity index (χ3v) is 4.64. The van der Waals surface area contributed by atoms with Gasteiger partial charge in [-0.3, -0.25) is 4.90 Å². The van der Waals surface area contributed by atoms with E-state index in [9.17, 15) is 0 Å². The Hall–Kier alpha value is -2.13. The van der Waals surface area contributed by atoms with E-state index in [1.165, 1.54) is 41.6 Å². The number of nitrogens with zero attached hydrogens (tertiary/aromatic N) is 2. The standard InChI is InChI=1S/C19H21N3/c1-14-6-8-15(9-7-14)13-22-11-3-5-18(22)17-12-16-4-2-10-20-19(16)21-17/h2,4,6-10,12,18H,3,5,11,13H2,1H3,(H,20,21)/t18-/m0/s1. The predicted molar refractivity (Wildman–Crippen MR) is 89.7 cm³/mol. The van der Waals surface area contributed by atoms with E-state index in [1.54, 1.807) is 0 Å². The van der Waals surface area contributed by atoms with E-state index in [1.807, 2.05) is 12.3 Å². The fourth-order valence-electron chi connectivity index (χ4n) is 3.45. The van der Waals surface area contributed by atoms with Gasteiger partial charge in [0.05, 0.1) is 6.04 Å². The minimum absolute atomic E-state index is 0.482. The molecule has 3 aromatic rings. The summed E-state index contributed by atoms with van der Waals surface area (Å²) < 4.78 is 0. The average Bonchev–Trinajstić information content (AvgIpc) is 3.15. The van der Waals surface area contributed by atoms with Crippen molar-refractivity contribution >= 4 is 11.0 Å². The smallest absolute Gasteiger partial charge is 0.137 e. The number of nitrogens with one attached hydrogen (secondary N) is 1. The van der Waals surface area contributed by atoms with Gasteiger partial charge >= 0.3 is 0 Å². The number of benzene rings is 1. The van der Waals surface area contributed by atoms with Crippen molar-refractivity contribution in [3.05, 3.63) is 65.5 Å². The summed E-state index contributed by atoms with van der Waals surface area (Å²) in [6, 6.07) is 15.8. The molecule has 2 aromatic heterocycles. The molecular formula is C19H21N3. The van der Waals surface area contributed by atoms with Crippen molar-refractivity contribution in [2.45, 2.75) is 32.4 Å². The second-order valence-corrected chi connectivity index (χ2v) is 6.28. The van der Waals surface area contributed by atoms with Crippen LogP contribution in [-0.2, 0) is 6.54 Å². The van der Waals surface area contributed by atoms with E-state index in [0.29, 0.717) is 6.04 Å². The summed E-state index contributed by atoms with van der Waals surface area (Å²) in [5.41, 5.74) is 5.02. The average molecular weight is 291 g/mol. The Balaban J connectivity index is 1.58. The molecule has 0 aliphatic carbocycles. The minimum Gasteiger partial charge on any atom is -0.342 e. The number of hydrogen-bond donors (Lipinski definition) is 1. The lowest BCUT2D eigenvalue weighted by Gasteiger charge is -2.23. The molecule has 112 valence electrons. The molecule has 1 aliphatic rings. The van der Waals surface area contributed by atoms with Gasteiger partial charge in [0.15, 0.2) is 0 Å². The number of fused-ring (bicyclic) bond motifs is 1. The summed E-state index contributed by atoms with van der Waals surface area (Å²) in [5.74, 6) is 0. The maximum absolute atomic E-state index is 4.42. The maximum Gasteiger partial charge on any atom is 0.137 e. The van der Waals surface area contributed by atoms with Gasteiger partial charge in [0.25, 0.3) is 0 Å². The van der Waals surface area contributed by atoms with Gasteiger partial charge in [-0.15, -0.1) is 0 Å². The van der Waals surface area contributed by atoms with Crippen molar-refractivity contribution in [2.75, 3.05) is 6.54 Å². The van der Waals surface area contributed by atoms with Gasteiger partial charge in [-0.2, -0.15) is 0 Å². The Morgan fingerprint density at radius 3 is 2.91 bits per heavy atom. The molecule has 1 aromatic carbocycles. The van der Waals surface area contributed by atoms with Crippen LogP contribution in [0.4, 0.5) is 0 Å². The van der Waals surface area contributed by atoms with E-state index in [2.05, 4.69) is 58.2 Å².